The Hall–Kier alpha value is -1.35. The van der Waals surface area contributed by atoms with Crippen LogP contribution in [0.2, 0.25) is 0 Å². The van der Waals surface area contributed by atoms with Crippen molar-refractivity contribution in [3.8, 4) is 5.75 Å². The van der Waals surface area contributed by atoms with E-state index in [2.05, 4.69) is 15.9 Å². The zero-order valence-electron chi connectivity index (χ0n) is 11.0. The van der Waals surface area contributed by atoms with Crippen LogP contribution >= 0.6 is 15.9 Å². The van der Waals surface area contributed by atoms with E-state index in [4.69, 9.17) is 4.74 Å². The number of ether oxygens (including phenoxy) is 1. The molecule has 0 N–H and O–H groups in total. The Morgan fingerprint density at radius 2 is 1.95 bits per heavy atom. The van der Waals surface area contributed by atoms with E-state index in [-0.39, 0.29) is 10.6 Å². The molecule has 0 spiro atoms. The van der Waals surface area contributed by atoms with Crippen molar-refractivity contribution in [3.63, 3.8) is 0 Å². The minimum atomic E-state index is -0.166. The fraction of sp³-hybridized carbons (Fsp3) is 0.250. The Balaban J connectivity index is 2.20. The molecule has 1 atom stereocenters. The number of aryl methyl sites for hydroxylation is 1. The van der Waals surface area contributed by atoms with Crippen molar-refractivity contribution in [2.45, 2.75) is 18.2 Å². The maximum absolute atomic E-state index is 13.3. The monoisotopic (exact) mass is 322 g/mol. The van der Waals surface area contributed by atoms with Gasteiger partial charge in [0.1, 0.15) is 11.6 Å². The minimum absolute atomic E-state index is 0.142. The van der Waals surface area contributed by atoms with Crippen molar-refractivity contribution in [2.24, 2.45) is 0 Å². The first-order chi connectivity index (χ1) is 9.11. The molecule has 0 aromatic heterocycles. The lowest BCUT2D eigenvalue weighted by Gasteiger charge is -2.14. The third-order valence-electron chi connectivity index (χ3n) is 3.14. The van der Waals surface area contributed by atoms with Crippen molar-refractivity contribution in [1.82, 2.24) is 0 Å². The number of rotatable bonds is 4. The maximum Gasteiger partial charge on any atom is 0.126 e. The number of benzene rings is 2. The van der Waals surface area contributed by atoms with Crippen molar-refractivity contribution in [3.05, 3.63) is 65.0 Å². The van der Waals surface area contributed by atoms with Gasteiger partial charge in [-0.1, -0.05) is 46.3 Å². The number of methoxy groups -OCH3 is 1. The van der Waals surface area contributed by atoms with E-state index < -0.39 is 0 Å². The van der Waals surface area contributed by atoms with Crippen molar-refractivity contribution in [1.29, 1.82) is 0 Å². The fourth-order valence-corrected chi connectivity index (χ4v) is 2.68. The van der Waals surface area contributed by atoms with Gasteiger partial charge >= 0.3 is 0 Å². The Kier molecular flexibility index (Phi) is 4.59. The van der Waals surface area contributed by atoms with Gasteiger partial charge in [0, 0.05) is 4.83 Å². The van der Waals surface area contributed by atoms with Gasteiger partial charge in [0.05, 0.1) is 7.11 Å². The van der Waals surface area contributed by atoms with E-state index in [1.54, 1.807) is 14.0 Å². The number of para-hydroxylation sites is 1. The Morgan fingerprint density at radius 1 is 1.21 bits per heavy atom. The van der Waals surface area contributed by atoms with Crippen molar-refractivity contribution in [2.75, 3.05) is 7.11 Å². The van der Waals surface area contributed by atoms with E-state index in [1.807, 2.05) is 36.4 Å². The standard InChI is InChI=1S/C16H16BrFO/c1-11-9-12(7-8-15(11)18)14(17)10-13-5-3-4-6-16(13)19-2/h3-9,14H,10H2,1-2H3. The SMILES string of the molecule is COc1ccccc1CC(Br)c1ccc(F)c(C)c1. The van der Waals surface area contributed by atoms with Crippen LogP contribution in [0.1, 0.15) is 21.5 Å². The molecular weight excluding hydrogens is 307 g/mol. The predicted octanol–water partition coefficient (Wildman–Crippen LogP) is 4.82. The third kappa shape index (κ3) is 3.35. The summed E-state index contributed by atoms with van der Waals surface area (Å²) in [4.78, 5) is 0.142. The van der Waals surface area contributed by atoms with Gasteiger partial charge in [0.25, 0.3) is 0 Å². The molecule has 1 unspecified atom stereocenters. The quantitative estimate of drug-likeness (QED) is 0.733. The summed E-state index contributed by atoms with van der Waals surface area (Å²) in [5.74, 6) is 0.714. The molecule has 1 nitrogen and oxygen atoms in total. The predicted molar refractivity (Wildman–Crippen MR) is 79.5 cm³/mol. The molecule has 0 aliphatic rings. The highest BCUT2D eigenvalue weighted by Gasteiger charge is 2.12. The third-order valence-corrected chi connectivity index (χ3v) is 3.99. The maximum atomic E-state index is 13.3. The average molecular weight is 323 g/mol. The Bertz CT molecular complexity index is 568. The summed E-state index contributed by atoms with van der Waals surface area (Å²) in [5.41, 5.74) is 2.88. The highest BCUT2D eigenvalue weighted by atomic mass is 79.9. The van der Waals surface area contributed by atoms with E-state index in [9.17, 15) is 4.39 Å². The zero-order chi connectivity index (χ0) is 13.8. The summed E-state index contributed by atoms with van der Waals surface area (Å²) in [7, 11) is 1.67. The second-order valence-corrected chi connectivity index (χ2v) is 5.60. The molecule has 2 rings (SSSR count). The number of hydrogen-bond donors (Lipinski definition) is 0. The van der Waals surface area contributed by atoms with Crippen LogP contribution in [-0.4, -0.2) is 7.11 Å². The molecule has 2 aromatic carbocycles. The van der Waals surface area contributed by atoms with E-state index in [1.165, 1.54) is 6.07 Å². The molecule has 3 heteroatoms. The van der Waals surface area contributed by atoms with E-state index >= 15 is 0 Å². The molecule has 0 bridgehead atoms. The van der Waals surface area contributed by atoms with Gasteiger partial charge in [0.2, 0.25) is 0 Å². The Labute approximate surface area is 121 Å². The van der Waals surface area contributed by atoms with Crippen LogP contribution in [0.4, 0.5) is 4.39 Å². The summed E-state index contributed by atoms with van der Waals surface area (Å²) >= 11 is 3.67. The normalized spacial score (nSPS) is 12.2. The molecule has 0 amide bonds. The van der Waals surface area contributed by atoms with Crippen LogP contribution < -0.4 is 4.74 Å². The van der Waals surface area contributed by atoms with Gasteiger partial charge in [-0.3, -0.25) is 0 Å². The molecule has 0 fully saturated rings. The van der Waals surface area contributed by atoms with E-state index in [0.717, 1.165) is 23.3 Å². The average Bonchev–Trinajstić information content (AvgIpc) is 2.42. The highest BCUT2D eigenvalue weighted by molar-refractivity contribution is 9.09. The van der Waals surface area contributed by atoms with E-state index in [0.29, 0.717) is 5.56 Å². The molecule has 0 saturated heterocycles. The second kappa shape index (κ2) is 6.20. The number of hydrogen-bond acceptors (Lipinski definition) is 1. The van der Waals surface area contributed by atoms with Gasteiger partial charge in [-0.05, 0) is 42.2 Å². The van der Waals surface area contributed by atoms with Crippen LogP contribution in [0.25, 0.3) is 0 Å². The van der Waals surface area contributed by atoms with Crippen LogP contribution in [0, 0.1) is 12.7 Å². The summed E-state index contributed by atoms with van der Waals surface area (Å²) in [6.07, 6.45) is 0.801. The van der Waals surface area contributed by atoms with Gasteiger partial charge in [-0.25, -0.2) is 4.39 Å². The lowest BCUT2D eigenvalue weighted by atomic mass is 10.0. The van der Waals surface area contributed by atoms with Gasteiger partial charge in [-0.2, -0.15) is 0 Å². The largest absolute Gasteiger partial charge is 0.496 e. The second-order valence-electron chi connectivity index (χ2n) is 4.49. The first kappa shape index (κ1) is 14.1. The lowest BCUT2D eigenvalue weighted by Crippen LogP contribution is -1.99. The molecule has 0 saturated carbocycles. The van der Waals surface area contributed by atoms with Crippen molar-refractivity contribution >= 4 is 15.9 Å². The number of alkyl halides is 1. The molecular formula is C16H16BrFO. The summed E-state index contributed by atoms with van der Waals surface area (Å²) in [6.45, 7) is 1.78. The molecule has 19 heavy (non-hydrogen) atoms. The van der Waals surface area contributed by atoms with Gasteiger partial charge in [0.15, 0.2) is 0 Å². The topological polar surface area (TPSA) is 9.23 Å². The van der Waals surface area contributed by atoms with Crippen LogP contribution in [0.5, 0.6) is 5.75 Å². The van der Waals surface area contributed by atoms with Crippen molar-refractivity contribution < 1.29 is 9.13 Å². The molecule has 0 radical (unpaired) electrons. The summed E-state index contributed by atoms with van der Waals surface area (Å²) < 4.78 is 18.6. The fourth-order valence-electron chi connectivity index (χ4n) is 2.05. The molecule has 0 heterocycles. The smallest absolute Gasteiger partial charge is 0.126 e. The molecule has 100 valence electrons. The Morgan fingerprint density at radius 3 is 2.63 bits per heavy atom. The zero-order valence-corrected chi connectivity index (χ0v) is 12.6. The van der Waals surface area contributed by atoms with Gasteiger partial charge in [-0.15, -0.1) is 0 Å². The molecule has 2 aromatic rings. The number of halogens is 2. The van der Waals surface area contributed by atoms with Crippen LogP contribution in [0.3, 0.4) is 0 Å². The summed E-state index contributed by atoms with van der Waals surface area (Å²) in [5, 5.41) is 0. The highest BCUT2D eigenvalue weighted by Crippen LogP contribution is 2.31. The first-order valence-corrected chi connectivity index (χ1v) is 7.05. The van der Waals surface area contributed by atoms with Crippen LogP contribution in [-0.2, 0) is 6.42 Å². The molecule has 0 aliphatic carbocycles. The molecule has 0 aliphatic heterocycles. The first-order valence-electron chi connectivity index (χ1n) is 6.14. The van der Waals surface area contributed by atoms with Crippen LogP contribution in [0.15, 0.2) is 42.5 Å². The van der Waals surface area contributed by atoms with Gasteiger partial charge < -0.3 is 4.74 Å². The summed E-state index contributed by atoms with van der Waals surface area (Å²) in [6, 6.07) is 13.2. The lowest BCUT2D eigenvalue weighted by molar-refractivity contribution is 0.409. The minimum Gasteiger partial charge on any atom is -0.496 e.